The van der Waals surface area contributed by atoms with Crippen LogP contribution in [0.2, 0.25) is 0 Å². The fourth-order valence-electron chi connectivity index (χ4n) is 6.01. The molecule has 0 bridgehead atoms. The highest BCUT2D eigenvalue weighted by Gasteiger charge is 2.25. The van der Waals surface area contributed by atoms with E-state index in [0.717, 1.165) is 61.4 Å². The molecule has 0 aliphatic heterocycles. The highest BCUT2D eigenvalue weighted by molar-refractivity contribution is 6.09. The van der Waals surface area contributed by atoms with E-state index in [9.17, 15) is 5.11 Å². The summed E-state index contributed by atoms with van der Waals surface area (Å²) in [6, 6.07) is 36.6. The van der Waals surface area contributed by atoms with Crippen molar-refractivity contribution in [3.8, 4) is 56.8 Å². The van der Waals surface area contributed by atoms with Gasteiger partial charge in [-0.2, -0.15) is 0 Å². The number of benzene rings is 5. The van der Waals surface area contributed by atoms with Crippen molar-refractivity contribution in [1.29, 1.82) is 0 Å². The molecule has 0 atom stereocenters. The van der Waals surface area contributed by atoms with Crippen molar-refractivity contribution < 1.29 is 14.6 Å². The average Bonchev–Trinajstić information content (AvgIpc) is 3.65. The summed E-state index contributed by atoms with van der Waals surface area (Å²) in [4.78, 5) is 8.75. The second-order valence-corrected chi connectivity index (χ2v) is 12.3. The van der Waals surface area contributed by atoms with Crippen LogP contribution < -0.4 is 9.47 Å². The number of ether oxygens (including phenoxy) is 2. The Hall–Kier alpha value is -5.49. The number of phenolic OH excluding ortho intramolecular Hbond substituents is 1. The van der Waals surface area contributed by atoms with E-state index in [-0.39, 0.29) is 11.2 Å². The van der Waals surface area contributed by atoms with Gasteiger partial charge in [-0.25, -0.2) is 4.98 Å². The molecule has 2 heterocycles. The number of hydrogen-bond donors (Lipinski definition) is 2. The Kier molecular flexibility index (Phi) is 6.85. The average molecular weight is 594 g/mol. The molecule has 0 unspecified atom stereocenters. The molecular formula is C39H35N3O3. The van der Waals surface area contributed by atoms with Crippen LogP contribution in [0.15, 0.2) is 109 Å². The lowest BCUT2D eigenvalue weighted by Gasteiger charge is -2.23. The van der Waals surface area contributed by atoms with E-state index in [1.54, 1.807) is 14.2 Å². The molecule has 0 saturated carbocycles. The largest absolute Gasteiger partial charge is 0.505 e. The Labute approximate surface area is 262 Å². The summed E-state index contributed by atoms with van der Waals surface area (Å²) in [6.45, 7) is 6.56. The van der Waals surface area contributed by atoms with Crippen LogP contribution in [-0.4, -0.2) is 33.9 Å². The summed E-state index contributed by atoms with van der Waals surface area (Å²) in [5.41, 5.74) is 7.80. The van der Waals surface area contributed by atoms with Gasteiger partial charge in [-0.05, 0) is 83.8 Å². The van der Waals surface area contributed by atoms with Crippen LogP contribution in [0.4, 0.5) is 0 Å². The van der Waals surface area contributed by atoms with E-state index in [2.05, 4.69) is 78.9 Å². The molecule has 6 nitrogen and oxygen atoms in total. The molecule has 7 rings (SSSR count). The second-order valence-electron chi connectivity index (χ2n) is 12.3. The summed E-state index contributed by atoms with van der Waals surface area (Å²) in [5.74, 6) is 2.28. The lowest BCUT2D eigenvalue weighted by molar-refractivity contribution is 0.414. The van der Waals surface area contributed by atoms with Crippen LogP contribution in [-0.2, 0) is 5.41 Å². The third kappa shape index (κ3) is 4.89. The molecule has 224 valence electrons. The first-order chi connectivity index (χ1) is 21.8. The highest BCUT2D eigenvalue weighted by Crippen LogP contribution is 2.43. The summed E-state index contributed by atoms with van der Waals surface area (Å²) in [5, 5.41) is 14.5. The van der Waals surface area contributed by atoms with Gasteiger partial charge in [-0.1, -0.05) is 57.2 Å². The maximum atomic E-state index is 12.2. The monoisotopic (exact) mass is 593 g/mol. The molecule has 0 spiro atoms. The quantitative estimate of drug-likeness (QED) is 0.201. The standard InChI is InChI=1S/C39H35N3O3/c1-39(2,3)26-22-31(37(43)34(23-26)42-32-12-8-6-10-29(32)30-11-7-9-13-33(30)42)38-40-35(24-14-18-27(44-4)19-15-24)36(41-38)25-16-20-28(45-5)21-17-25/h6-23,43H,1-5H3,(H,40,41). The van der Waals surface area contributed by atoms with Gasteiger partial charge in [0.1, 0.15) is 17.3 Å². The molecular weight excluding hydrogens is 558 g/mol. The van der Waals surface area contributed by atoms with Gasteiger partial charge in [0.05, 0.1) is 47.9 Å². The van der Waals surface area contributed by atoms with Gasteiger partial charge in [0, 0.05) is 21.9 Å². The molecule has 2 N–H and O–H groups in total. The Bertz CT molecular complexity index is 2050. The first-order valence-corrected chi connectivity index (χ1v) is 15.0. The van der Waals surface area contributed by atoms with E-state index in [0.29, 0.717) is 17.1 Å². The van der Waals surface area contributed by atoms with E-state index in [1.807, 2.05) is 60.7 Å². The minimum Gasteiger partial charge on any atom is -0.505 e. The Balaban J connectivity index is 1.50. The number of methoxy groups -OCH3 is 2. The van der Waals surface area contributed by atoms with Crippen LogP contribution in [0.25, 0.3) is 61.4 Å². The molecule has 2 aromatic heterocycles. The molecule has 6 heteroatoms. The summed E-state index contributed by atoms with van der Waals surface area (Å²) in [6.07, 6.45) is 0. The Morgan fingerprint density at radius 1 is 0.689 bits per heavy atom. The van der Waals surface area contributed by atoms with Crippen LogP contribution in [0, 0.1) is 0 Å². The number of aromatic amines is 1. The molecule has 0 fully saturated rings. The SMILES string of the molecule is COc1ccc(-c2nc(-c3cc(C(C)(C)C)cc(-n4c5ccccc5c5ccccc54)c3O)[nH]c2-c2ccc(OC)cc2)cc1. The molecule has 0 saturated heterocycles. The number of nitrogens with zero attached hydrogens (tertiary/aromatic N) is 2. The molecule has 45 heavy (non-hydrogen) atoms. The van der Waals surface area contributed by atoms with Crippen molar-refractivity contribution >= 4 is 21.8 Å². The van der Waals surface area contributed by atoms with Crippen molar-refractivity contribution in [2.24, 2.45) is 0 Å². The van der Waals surface area contributed by atoms with Crippen molar-refractivity contribution in [3.05, 3.63) is 115 Å². The van der Waals surface area contributed by atoms with Crippen molar-refractivity contribution in [2.45, 2.75) is 26.2 Å². The fourth-order valence-corrected chi connectivity index (χ4v) is 6.01. The zero-order chi connectivity index (χ0) is 31.3. The molecule has 0 radical (unpaired) electrons. The molecule has 0 aliphatic rings. The van der Waals surface area contributed by atoms with Crippen LogP contribution in [0.3, 0.4) is 0 Å². The molecule has 7 aromatic rings. The number of phenols is 1. The van der Waals surface area contributed by atoms with E-state index >= 15 is 0 Å². The number of rotatable bonds is 6. The van der Waals surface area contributed by atoms with Crippen LogP contribution >= 0.6 is 0 Å². The number of hydrogen-bond acceptors (Lipinski definition) is 4. The highest BCUT2D eigenvalue weighted by atomic mass is 16.5. The van der Waals surface area contributed by atoms with Gasteiger partial charge in [0.2, 0.25) is 0 Å². The molecule has 0 aliphatic carbocycles. The number of nitrogens with one attached hydrogen (secondary N) is 1. The molecule has 5 aromatic carbocycles. The maximum absolute atomic E-state index is 12.2. The first-order valence-electron chi connectivity index (χ1n) is 15.0. The number of imidazole rings is 1. The predicted octanol–water partition coefficient (Wildman–Crippen LogP) is 9.53. The first kappa shape index (κ1) is 28.3. The lowest BCUT2D eigenvalue weighted by atomic mass is 9.85. The lowest BCUT2D eigenvalue weighted by Crippen LogP contribution is -2.12. The van der Waals surface area contributed by atoms with Crippen molar-refractivity contribution in [1.82, 2.24) is 14.5 Å². The number of para-hydroxylation sites is 2. The number of H-pyrrole nitrogens is 1. The second kappa shape index (κ2) is 10.9. The van der Waals surface area contributed by atoms with Gasteiger partial charge in [-0.3, -0.25) is 0 Å². The summed E-state index contributed by atoms with van der Waals surface area (Å²) in [7, 11) is 3.32. The van der Waals surface area contributed by atoms with Gasteiger partial charge >= 0.3 is 0 Å². The number of aromatic hydroxyl groups is 1. The zero-order valence-electron chi connectivity index (χ0n) is 26.1. The number of fused-ring (bicyclic) bond motifs is 3. The summed E-state index contributed by atoms with van der Waals surface area (Å²) >= 11 is 0. The topological polar surface area (TPSA) is 72.3 Å². The van der Waals surface area contributed by atoms with Crippen LogP contribution in [0.1, 0.15) is 26.3 Å². The Morgan fingerprint density at radius 2 is 1.22 bits per heavy atom. The maximum Gasteiger partial charge on any atom is 0.150 e. The minimum absolute atomic E-state index is 0.158. The minimum atomic E-state index is -0.194. The predicted molar refractivity (Wildman–Crippen MR) is 183 cm³/mol. The van der Waals surface area contributed by atoms with Gasteiger partial charge in [0.15, 0.2) is 5.75 Å². The third-order valence-electron chi connectivity index (χ3n) is 8.48. The zero-order valence-corrected chi connectivity index (χ0v) is 26.1. The number of aromatic nitrogens is 3. The fraction of sp³-hybridized carbons (Fsp3) is 0.154. The van der Waals surface area contributed by atoms with E-state index in [4.69, 9.17) is 14.5 Å². The van der Waals surface area contributed by atoms with Gasteiger partial charge in [-0.15, -0.1) is 0 Å². The van der Waals surface area contributed by atoms with Gasteiger partial charge in [0.25, 0.3) is 0 Å². The smallest absolute Gasteiger partial charge is 0.150 e. The normalized spacial score (nSPS) is 11.8. The van der Waals surface area contributed by atoms with Crippen molar-refractivity contribution in [3.63, 3.8) is 0 Å². The third-order valence-corrected chi connectivity index (χ3v) is 8.48. The Morgan fingerprint density at radius 3 is 1.76 bits per heavy atom. The van der Waals surface area contributed by atoms with E-state index in [1.165, 1.54) is 0 Å². The van der Waals surface area contributed by atoms with Gasteiger partial charge < -0.3 is 24.1 Å². The van der Waals surface area contributed by atoms with Crippen molar-refractivity contribution in [2.75, 3.05) is 14.2 Å². The van der Waals surface area contributed by atoms with E-state index < -0.39 is 0 Å². The molecule has 0 amide bonds. The van der Waals surface area contributed by atoms with Crippen LogP contribution in [0.5, 0.6) is 17.2 Å². The summed E-state index contributed by atoms with van der Waals surface area (Å²) < 4.78 is 13.0.